The maximum Gasteiger partial charge on any atom is 0.00418 e. The molecule has 0 radical (unpaired) electrons. The Labute approximate surface area is 76.7 Å². The van der Waals surface area contributed by atoms with E-state index >= 15 is 0 Å². The van der Waals surface area contributed by atoms with Crippen molar-refractivity contribution in [3.8, 4) is 0 Å². The van der Waals surface area contributed by atoms with E-state index in [-0.39, 0.29) is 0 Å². The molecule has 0 amide bonds. The molecule has 12 heavy (non-hydrogen) atoms. The Kier molecular flexibility index (Phi) is 3.16. The van der Waals surface area contributed by atoms with Gasteiger partial charge in [0.1, 0.15) is 0 Å². The van der Waals surface area contributed by atoms with Crippen molar-refractivity contribution in [2.75, 3.05) is 0 Å². The molecule has 3 atom stereocenters. The number of hydrogen-bond acceptors (Lipinski definition) is 1. The third-order valence-electron chi connectivity index (χ3n) is 3.66. The Bertz CT molecular complexity index is 144. The highest BCUT2D eigenvalue weighted by atomic mass is 14.7. The summed E-state index contributed by atoms with van der Waals surface area (Å²) < 4.78 is 0. The van der Waals surface area contributed by atoms with Crippen LogP contribution in [-0.4, -0.2) is 6.04 Å². The maximum atomic E-state index is 5.87. The molecular formula is C11H23N. The van der Waals surface area contributed by atoms with Gasteiger partial charge in [0.15, 0.2) is 0 Å². The quantitative estimate of drug-likeness (QED) is 0.641. The van der Waals surface area contributed by atoms with E-state index in [2.05, 4.69) is 6.92 Å². The van der Waals surface area contributed by atoms with E-state index in [1.165, 1.54) is 32.1 Å². The summed E-state index contributed by atoms with van der Waals surface area (Å²) in [6.07, 6.45) is 6.88. The molecule has 2 rings (SSSR count). The number of hydrogen-bond donors (Lipinski definition) is 1. The Morgan fingerprint density at radius 2 is 2.08 bits per heavy atom. The Balaban J connectivity index is 0.000000336. The molecule has 0 aromatic heterocycles. The summed E-state index contributed by atoms with van der Waals surface area (Å²) in [5.74, 6) is 1.02. The minimum Gasteiger partial charge on any atom is -0.328 e. The van der Waals surface area contributed by atoms with Gasteiger partial charge in [-0.3, -0.25) is 0 Å². The van der Waals surface area contributed by atoms with Crippen LogP contribution < -0.4 is 5.73 Å². The molecule has 3 unspecified atom stereocenters. The molecule has 2 aliphatic rings. The van der Waals surface area contributed by atoms with Gasteiger partial charge in [0, 0.05) is 6.04 Å². The number of fused-ring (bicyclic) bond motifs is 1. The summed E-state index contributed by atoms with van der Waals surface area (Å²) in [5.41, 5.74) is 6.65. The molecule has 0 heterocycles. The summed E-state index contributed by atoms with van der Waals surface area (Å²) in [5, 5.41) is 0. The smallest absolute Gasteiger partial charge is 0.00418 e. The van der Waals surface area contributed by atoms with Gasteiger partial charge in [0.25, 0.3) is 0 Å². The zero-order chi connectivity index (χ0) is 9.19. The Morgan fingerprint density at radius 1 is 1.42 bits per heavy atom. The second-order valence-corrected chi connectivity index (χ2v) is 4.15. The molecule has 0 bridgehead atoms. The fraction of sp³-hybridized carbons (Fsp3) is 1.00. The van der Waals surface area contributed by atoms with Gasteiger partial charge in [0.05, 0.1) is 0 Å². The maximum absolute atomic E-state index is 5.87. The molecule has 0 saturated heterocycles. The van der Waals surface area contributed by atoms with E-state index in [0.29, 0.717) is 6.04 Å². The molecule has 0 aromatic carbocycles. The standard InChI is InChI=1S/C9H17N.C2H6/c1-2-9-4-3-8(10)5-7(9)6-9;1-2/h7-8H,2-6,10H2,1H3;1-2H3. The number of rotatable bonds is 1. The lowest BCUT2D eigenvalue weighted by Crippen LogP contribution is -2.27. The SMILES string of the molecule is CC.CCC12CCC(N)CC1C2. The van der Waals surface area contributed by atoms with Crippen LogP contribution in [0.25, 0.3) is 0 Å². The van der Waals surface area contributed by atoms with Crippen LogP contribution in [0.2, 0.25) is 0 Å². The molecule has 2 aliphatic carbocycles. The van der Waals surface area contributed by atoms with Crippen molar-refractivity contribution in [3.05, 3.63) is 0 Å². The van der Waals surface area contributed by atoms with E-state index in [9.17, 15) is 0 Å². The van der Waals surface area contributed by atoms with Crippen molar-refractivity contribution >= 4 is 0 Å². The third kappa shape index (κ3) is 1.66. The van der Waals surface area contributed by atoms with Gasteiger partial charge in [-0.15, -0.1) is 0 Å². The van der Waals surface area contributed by atoms with Crippen LogP contribution in [0.5, 0.6) is 0 Å². The van der Waals surface area contributed by atoms with Crippen LogP contribution in [0.1, 0.15) is 52.9 Å². The van der Waals surface area contributed by atoms with Crippen LogP contribution in [0.4, 0.5) is 0 Å². The first-order chi connectivity index (χ1) is 5.77. The van der Waals surface area contributed by atoms with E-state index in [0.717, 1.165) is 11.3 Å². The normalized spacial score (nSPS) is 44.0. The summed E-state index contributed by atoms with van der Waals surface area (Å²) in [6.45, 7) is 6.33. The molecule has 2 N–H and O–H groups in total. The highest BCUT2D eigenvalue weighted by Crippen LogP contribution is 2.62. The third-order valence-corrected chi connectivity index (χ3v) is 3.66. The molecule has 0 aromatic rings. The van der Waals surface area contributed by atoms with Gasteiger partial charge in [0.2, 0.25) is 0 Å². The predicted molar refractivity (Wildman–Crippen MR) is 54.0 cm³/mol. The van der Waals surface area contributed by atoms with E-state index < -0.39 is 0 Å². The highest BCUT2D eigenvalue weighted by Gasteiger charge is 2.54. The van der Waals surface area contributed by atoms with Gasteiger partial charge in [-0.1, -0.05) is 27.2 Å². The molecule has 1 heteroatoms. The Hall–Kier alpha value is -0.0400. The first-order valence-electron chi connectivity index (χ1n) is 5.52. The van der Waals surface area contributed by atoms with Crippen molar-refractivity contribution in [1.82, 2.24) is 0 Å². The average molecular weight is 169 g/mol. The molecule has 0 spiro atoms. The molecule has 2 saturated carbocycles. The molecule has 2 fully saturated rings. The largest absolute Gasteiger partial charge is 0.328 e. The first-order valence-corrected chi connectivity index (χ1v) is 5.52. The molecule has 1 nitrogen and oxygen atoms in total. The van der Waals surface area contributed by atoms with Crippen molar-refractivity contribution < 1.29 is 0 Å². The lowest BCUT2D eigenvalue weighted by atomic mass is 9.84. The van der Waals surface area contributed by atoms with Crippen molar-refractivity contribution in [1.29, 1.82) is 0 Å². The van der Waals surface area contributed by atoms with Gasteiger partial charge in [-0.05, 0) is 37.0 Å². The zero-order valence-electron chi connectivity index (χ0n) is 8.77. The average Bonchev–Trinajstić information content (AvgIpc) is 2.82. The van der Waals surface area contributed by atoms with Gasteiger partial charge in [-0.2, -0.15) is 0 Å². The van der Waals surface area contributed by atoms with Crippen LogP contribution in [0, 0.1) is 11.3 Å². The van der Waals surface area contributed by atoms with Crippen LogP contribution in [0.3, 0.4) is 0 Å². The minimum absolute atomic E-state index is 0.534. The van der Waals surface area contributed by atoms with Gasteiger partial charge in [-0.25, -0.2) is 0 Å². The Morgan fingerprint density at radius 3 is 2.58 bits per heavy atom. The fourth-order valence-corrected chi connectivity index (χ4v) is 2.64. The van der Waals surface area contributed by atoms with Gasteiger partial charge >= 0.3 is 0 Å². The summed E-state index contributed by atoms with van der Waals surface area (Å²) in [4.78, 5) is 0. The van der Waals surface area contributed by atoms with Crippen LogP contribution in [0.15, 0.2) is 0 Å². The summed E-state index contributed by atoms with van der Waals surface area (Å²) >= 11 is 0. The summed E-state index contributed by atoms with van der Waals surface area (Å²) in [7, 11) is 0. The first kappa shape index (κ1) is 10.0. The topological polar surface area (TPSA) is 26.0 Å². The molecular weight excluding hydrogens is 146 g/mol. The predicted octanol–water partition coefficient (Wildman–Crippen LogP) is 2.94. The highest BCUT2D eigenvalue weighted by molar-refractivity contribution is 5.05. The van der Waals surface area contributed by atoms with Crippen molar-refractivity contribution in [2.45, 2.75) is 58.9 Å². The van der Waals surface area contributed by atoms with Crippen molar-refractivity contribution in [3.63, 3.8) is 0 Å². The molecule has 72 valence electrons. The zero-order valence-corrected chi connectivity index (χ0v) is 8.77. The second kappa shape index (κ2) is 3.78. The van der Waals surface area contributed by atoms with E-state index in [4.69, 9.17) is 5.73 Å². The van der Waals surface area contributed by atoms with Gasteiger partial charge < -0.3 is 5.73 Å². The van der Waals surface area contributed by atoms with Crippen LogP contribution >= 0.6 is 0 Å². The van der Waals surface area contributed by atoms with E-state index in [1.54, 1.807) is 0 Å². The molecule has 0 aliphatic heterocycles. The lowest BCUT2D eigenvalue weighted by molar-refractivity contribution is 0.301. The van der Waals surface area contributed by atoms with Crippen molar-refractivity contribution in [2.24, 2.45) is 17.1 Å². The van der Waals surface area contributed by atoms with E-state index in [1.807, 2.05) is 13.8 Å². The number of nitrogens with two attached hydrogens (primary N) is 1. The monoisotopic (exact) mass is 169 g/mol. The van der Waals surface area contributed by atoms with Crippen LogP contribution in [-0.2, 0) is 0 Å². The summed E-state index contributed by atoms with van der Waals surface area (Å²) in [6, 6.07) is 0.534. The minimum atomic E-state index is 0.534. The lowest BCUT2D eigenvalue weighted by Gasteiger charge is -2.24. The fourth-order valence-electron chi connectivity index (χ4n) is 2.64. The second-order valence-electron chi connectivity index (χ2n) is 4.15.